The van der Waals surface area contributed by atoms with Crippen LogP contribution in [0, 0.1) is 0 Å². The highest BCUT2D eigenvalue weighted by molar-refractivity contribution is 5.22. The third-order valence-electron chi connectivity index (χ3n) is 3.80. The smallest absolute Gasteiger partial charge is 0.0233 e. The summed E-state index contributed by atoms with van der Waals surface area (Å²) in [7, 11) is 0. The summed E-state index contributed by atoms with van der Waals surface area (Å²) in [5, 5.41) is 0. The van der Waals surface area contributed by atoms with Gasteiger partial charge in [-0.3, -0.25) is 4.90 Å². The lowest BCUT2D eigenvalue weighted by Gasteiger charge is -2.26. The molecule has 100 valence electrons. The van der Waals surface area contributed by atoms with Gasteiger partial charge in [0.15, 0.2) is 0 Å². The first-order valence-corrected chi connectivity index (χ1v) is 7.39. The summed E-state index contributed by atoms with van der Waals surface area (Å²) >= 11 is 0. The van der Waals surface area contributed by atoms with Crippen molar-refractivity contribution in [2.75, 3.05) is 19.6 Å². The molecule has 1 aromatic carbocycles. The van der Waals surface area contributed by atoms with E-state index in [1.807, 2.05) is 0 Å². The molecule has 0 amide bonds. The van der Waals surface area contributed by atoms with Crippen LogP contribution in [0.15, 0.2) is 24.3 Å². The number of hydrogen-bond donors (Lipinski definition) is 1. The van der Waals surface area contributed by atoms with Gasteiger partial charge < -0.3 is 5.73 Å². The molecular weight excluding hydrogens is 220 g/mol. The molecule has 0 aliphatic carbocycles. The van der Waals surface area contributed by atoms with Crippen LogP contribution in [0.1, 0.15) is 43.2 Å². The van der Waals surface area contributed by atoms with E-state index in [0.717, 1.165) is 19.5 Å². The van der Waals surface area contributed by atoms with Crippen LogP contribution >= 0.6 is 0 Å². The molecule has 0 aromatic heterocycles. The van der Waals surface area contributed by atoms with Crippen molar-refractivity contribution < 1.29 is 0 Å². The molecular formula is C16H26N2. The Morgan fingerprint density at radius 3 is 2.22 bits per heavy atom. The second-order valence-electron chi connectivity index (χ2n) is 5.40. The van der Waals surface area contributed by atoms with Crippen LogP contribution in [0.2, 0.25) is 0 Å². The summed E-state index contributed by atoms with van der Waals surface area (Å²) in [4.78, 5) is 2.58. The third kappa shape index (κ3) is 4.43. The van der Waals surface area contributed by atoms with Crippen molar-refractivity contribution in [3.8, 4) is 0 Å². The van der Waals surface area contributed by atoms with Crippen LogP contribution in [0.4, 0.5) is 0 Å². The Morgan fingerprint density at radius 1 is 0.889 bits per heavy atom. The summed E-state index contributed by atoms with van der Waals surface area (Å²) in [5.74, 6) is 0. The third-order valence-corrected chi connectivity index (χ3v) is 3.80. The van der Waals surface area contributed by atoms with E-state index in [2.05, 4.69) is 29.2 Å². The van der Waals surface area contributed by atoms with Gasteiger partial charge in [-0.25, -0.2) is 0 Å². The zero-order chi connectivity index (χ0) is 12.6. The predicted octanol–water partition coefficient (Wildman–Crippen LogP) is 2.95. The maximum atomic E-state index is 5.52. The zero-order valence-electron chi connectivity index (χ0n) is 11.4. The van der Waals surface area contributed by atoms with Gasteiger partial charge in [0, 0.05) is 6.54 Å². The molecule has 0 saturated carbocycles. The quantitative estimate of drug-likeness (QED) is 0.782. The standard InChI is InChI=1S/C16H26N2/c17-11-3-2-6-15-7-9-16(10-8-15)14-18-12-4-1-5-13-18/h7-10H,1-6,11-14,17H2. The largest absolute Gasteiger partial charge is 0.330 e. The van der Waals surface area contributed by atoms with Crippen molar-refractivity contribution in [1.82, 2.24) is 4.90 Å². The van der Waals surface area contributed by atoms with Gasteiger partial charge in [0.05, 0.1) is 0 Å². The van der Waals surface area contributed by atoms with Gasteiger partial charge in [-0.2, -0.15) is 0 Å². The number of nitrogens with zero attached hydrogens (tertiary/aromatic N) is 1. The Bertz CT molecular complexity index is 325. The summed E-state index contributed by atoms with van der Waals surface area (Å²) < 4.78 is 0. The molecule has 2 heteroatoms. The number of piperidine rings is 1. The number of rotatable bonds is 6. The second kappa shape index (κ2) is 7.55. The Morgan fingerprint density at radius 2 is 1.56 bits per heavy atom. The molecule has 1 fully saturated rings. The minimum atomic E-state index is 0.813. The van der Waals surface area contributed by atoms with Gasteiger partial charge >= 0.3 is 0 Å². The molecule has 0 unspecified atom stereocenters. The van der Waals surface area contributed by atoms with Gasteiger partial charge in [0.2, 0.25) is 0 Å². The van der Waals surface area contributed by atoms with Crippen LogP contribution in [0.5, 0.6) is 0 Å². The summed E-state index contributed by atoms with van der Waals surface area (Å²) in [6, 6.07) is 9.17. The van der Waals surface area contributed by atoms with E-state index in [4.69, 9.17) is 5.73 Å². The van der Waals surface area contributed by atoms with Crippen LogP contribution in [0.25, 0.3) is 0 Å². The molecule has 1 aliphatic heterocycles. The fraction of sp³-hybridized carbons (Fsp3) is 0.625. The number of unbranched alkanes of at least 4 members (excludes halogenated alkanes) is 1. The first-order chi connectivity index (χ1) is 8.88. The number of hydrogen-bond acceptors (Lipinski definition) is 2. The first-order valence-electron chi connectivity index (χ1n) is 7.39. The predicted molar refractivity (Wildman–Crippen MR) is 77.6 cm³/mol. The van der Waals surface area contributed by atoms with Crippen molar-refractivity contribution in [1.29, 1.82) is 0 Å². The van der Waals surface area contributed by atoms with Crippen molar-refractivity contribution in [3.63, 3.8) is 0 Å². The highest BCUT2D eigenvalue weighted by atomic mass is 15.1. The van der Waals surface area contributed by atoms with Gasteiger partial charge in [0.25, 0.3) is 0 Å². The van der Waals surface area contributed by atoms with E-state index >= 15 is 0 Å². The lowest BCUT2D eigenvalue weighted by atomic mass is 10.0. The second-order valence-corrected chi connectivity index (χ2v) is 5.40. The summed E-state index contributed by atoms with van der Waals surface area (Å²) in [6.45, 7) is 4.49. The molecule has 0 bridgehead atoms. The SMILES string of the molecule is NCCCCc1ccc(CN2CCCCC2)cc1. The normalized spacial score (nSPS) is 16.9. The molecule has 0 radical (unpaired) electrons. The van der Waals surface area contributed by atoms with Gasteiger partial charge in [-0.15, -0.1) is 0 Å². The van der Waals surface area contributed by atoms with E-state index in [1.54, 1.807) is 0 Å². The Hall–Kier alpha value is -0.860. The molecule has 1 heterocycles. The van der Waals surface area contributed by atoms with Crippen molar-refractivity contribution in [3.05, 3.63) is 35.4 Å². The minimum Gasteiger partial charge on any atom is -0.330 e. The van der Waals surface area contributed by atoms with E-state index in [-0.39, 0.29) is 0 Å². The lowest BCUT2D eigenvalue weighted by Crippen LogP contribution is -2.29. The van der Waals surface area contributed by atoms with Crippen molar-refractivity contribution in [2.45, 2.75) is 45.1 Å². The molecule has 1 aliphatic rings. The molecule has 18 heavy (non-hydrogen) atoms. The number of aryl methyl sites for hydroxylation is 1. The Labute approximate surface area is 111 Å². The summed E-state index contributed by atoms with van der Waals surface area (Å²) in [6.07, 6.45) is 7.67. The van der Waals surface area contributed by atoms with Crippen molar-refractivity contribution in [2.24, 2.45) is 5.73 Å². The number of likely N-dealkylation sites (tertiary alicyclic amines) is 1. The summed E-state index contributed by atoms with van der Waals surface area (Å²) in [5.41, 5.74) is 8.42. The highest BCUT2D eigenvalue weighted by Gasteiger charge is 2.09. The van der Waals surface area contributed by atoms with Crippen LogP contribution in [0.3, 0.4) is 0 Å². The topological polar surface area (TPSA) is 29.3 Å². The fourth-order valence-corrected chi connectivity index (χ4v) is 2.66. The Balaban J connectivity index is 1.79. The van der Waals surface area contributed by atoms with E-state index in [9.17, 15) is 0 Å². The molecule has 1 aromatic rings. The van der Waals surface area contributed by atoms with E-state index in [0.29, 0.717) is 0 Å². The highest BCUT2D eigenvalue weighted by Crippen LogP contribution is 2.14. The number of nitrogens with two attached hydrogens (primary N) is 1. The molecule has 1 saturated heterocycles. The van der Waals surface area contributed by atoms with Gasteiger partial charge in [-0.1, -0.05) is 30.7 Å². The molecule has 2 rings (SSSR count). The average Bonchev–Trinajstić information content (AvgIpc) is 2.42. The molecule has 2 N–H and O–H groups in total. The van der Waals surface area contributed by atoms with Gasteiger partial charge in [0.1, 0.15) is 0 Å². The van der Waals surface area contributed by atoms with E-state index < -0.39 is 0 Å². The molecule has 0 atom stereocenters. The first kappa shape index (κ1) is 13.6. The van der Waals surface area contributed by atoms with Crippen LogP contribution < -0.4 is 5.73 Å². The lowest BCUT2D eigenvalue weighted by molar-refractivity contribution is 0.221. The minimum absolute atomic E-state index is 0.813. The van der Waals surface area contributed by atoms with Crippen molar-refractivity contribution >= 4 is 0 Å². The number of benzene rings is 1. The van der Waals surface area contributed by atoms with Crippen LogP contribution in [-0.2, 0) is 13.0 Å². The fourth-order valence-electron chi connectivity index (χ4n) is 2.66. The monoisotopic (exact) mass is 246 g/mol. The Kier molecular flexibility index (Phi) is 5.69. The van der Waals surface area contributed by atoms with Crippen LogP contribution in [-0.4, -0.2) is 24.5 Å². The van der Waals surface area contributed by atoms with E-state index in [1.165, 1.54) is 56.3 Å². The molecule has 2 nitrogen and oxygen atoms in total. The zero-order valence-corrected chi connectivity index (χ0v) is 11.4. The molecule has 0 spiro atoms. The van der Waals surface area contributed by atoms with Gasteiger partial charge in [-0.05, 0) is 62.9 Å². The maximum Gasteiger partial charge on any atom is 0.0233 e. The maximum absolute atomic E-state index is 5.52. The average molecular weight is 246 g/mol.